The summed E-state index contributed by atoms with van der Waals surface area (Å²) in [6, 6.07) is 2.66. The molecule has 2 heterocycles. The van der Waals surface area contributed by atoms with Gasteiger partial charge in [0.1, 0.15) is 11.3 Å². The van der Waals surface area contributed by atoms with Gasteiger partial charge >= 0.3 is 0 Å². The van der Waals surface area contributed by atoms with Crippen molar-refractivity contribution in [2.24, 2.45) is 5.92 Å². The number of benzene rings is 1. The fourth-order valence-electron chi connectivity index (χ4n) is 2.81. The lowest BCUT2D eigenvalue weighted by Gasteiger charge is -2.20. The summed E-state index contributed by atoms with van der Waals surface area (Å²) < 4.78 is 13.6. The number of aromatic nitrogens is 2. The second-order valence-electron chi connectivity index (χ2n) is 5.58. The third-order valence-corrected chi connectivity index (χ3v) is 4.02. The normalized spacial score (nSPS) is 20.1. The molecule has 1 aliphatic heterocycles. The van der Waals surface area contributed by atoms with Gasteiger partial charge in [0.2, 0.25) is 0 Å². The molecule has 2 aromatic rings. The highest BCUT2D eigenvalue weighted by Crippen LogP contribution is 2.22. The highest BCUT2D eigenvalue weighted by molar-refractivity contribution is 6.04. The van der Waals surface area contributed by atoms with Crippen LogP contribution in [0.25, 0.3) is 11.0 Å². The number of aromatic amines is 1. The fourth-order valence-corrected chi connectivity index (χ4v) is 2.81. The average molecular weight is 275 g/mol. The Labute approximate surface area is 117 Å². The summed E-state index contributed by atoms with van der Waals surface area (Å²) in [7, 11) is 0. The molecule has 1 aromatic heterocycles. The number of halogens is 1. The minimum atomic E-state index is -0.409. The van der Waals surface area contributed by atoms with E-state index in [4.69, 9.17) is 0 Å². The predicted molar refractivity (Wildman–Crippen MR) is 75.0 cm³/mol. The second kappa shape index (κ2) is 5.23. The smallest absolute Gasteiger partial charge is 0.256 e. The monoisotopic (exact) mass is 275 g/mol. The Hall–Kier alpha value is -1.91. The Bertz CT molecular complexity index is 637. The summed E-state index contributed by atoms with van der Waals surface area (Å²) in [4.78, 5) is 21.5. The zero-order valence-electron chi connectivity index (χ0n) is 11.5. The first-order valence-corrected chi connectivity index (χ1v) is 7.07. The van der Waals surface area contributed by atoms with Gasteiger partial charge < -0.3 is 9.88 Å². The molecule has 106 valence electrons. The van der Waals surface area contributed by atoms with Gasteiger partial charge in [-0.05, 0) is 37.3 Å². The highest BCUT2D eigenvalue weighted by Gasteiger charge is 2.22. The molecule has 20 heavy (non-hydrogen) atoms. The van der Waals surface area contributed by atoms with Crippen LogP contribution in [-0.4, -0.2) is 33.9 Å². The van der Waals surface area contributed by atoms with Crippen molar-refractivity contribution in [3.8, 4) is 0 Å². The number of hydrogen-bond donors (Lipinski definition) is 1. The van der Waals surface area contributed by atoms with Crippen LogP contribution >= 0.6 is 0 Å². The van der Waals surface area contributed by atoms with Gasteiger partial charge in [0.25, 0.3) is 5.91 Å². The molecular formula is C15H18FN3O. The van der Waals surface area contributed by atoms with Gasteiger partial charge in [0, 0.05) is 13.1 Å². The number of nitrogens with one attached hydrogen (secondary N) is 1. The first-order chi connectivity index (χ1) is 9.65. The third-order valence-electron chi connectivity index (χ3n) is 4.02. The molecule has 4 nitrogen and oxygen atoms in total. The topological polar surface area (TPSA) is 49.0 Å². The molecule has 3 rings (SSSR count). The van der Waals surface area contributed by atoms with E-state index in [-0.39, 0.29) is 5.91 Å². The Balaban J connectivity index is 1.93. The van der Waals surface area contributed by atoms with E-state index in [1.54, 1.807) is 0 Å². The second-order valence-corrected chi connectivity index (χ2v) is 5.58. The van der Waals surface area contributed by atoms with Crippen molar-refractivity contribution >= 4 is 16.9 Å². The average Bonchev–Trinajstić information content (AvgIpc) is 2.78. The maximum Gasteiger partial charge on any atom is 0.256 e. The molecule has 1 N–H and O–H groups in total. The highest BCUT2D eigenvalue weighted by atomic mass is 19.1. The van der Waals surface area contributed by atoms with Crippen molar-refractivity contribution in [2.75, 3.05) is 13.1 Å². The van der Waals surface area contributed by atoms with E-state index >= 15 is 0 Å². The number of fused-ring (bicyclic) bond motifs is 1. The van der Waals surface area contributed by atoms with Crippen molar-refractivity contribution in [3.05, 3.63) is 29.8 Å². The first kappa shape index (κ1) is 13.1. The lowest BCUT2D eigenvalue weighted by molar-refractivity contribution is 0.0761. The van der Waals surface area contributed by atoms with E-state index in [0.29, 0.717) is 22.5 Å². The summed E-state index contributed by atoms with van der Waals surface area (Å²) in [6.07, 6.45) is 4.65. The van der Waals surface area contributed by atoms with Crippen LogP contribution in [0.4, 0.5) is 4.39 Å². The number of likely N-dealkylation sites (tertiary alicyclic amines) is 1. The molecule has 1 atom stereocenters. The lowest BCUT2D eigenvalue weighted by atomic mass is 10.0. The van der Waals surface area contributed by atoms with E-state index in [2.05, 4.69) is 16.9 Å². The number of imidazole rings is 1. The maximum atomic E-state index is 13.6. The van der Waals surface area contributed by atoms with Crippen LogP contribution in [0.1, 0.15) is 36.5 Å². The Morgan fingerprint density at radius 1 is 1.40 bits per heavy atom. The summed E-state index contributed by atoms with van der Waals surface area (Å²) in [6.45, 7) is 3.69. The molecular weight excluding hydrogens is 257 g/mol. The van der Waals surface area contributed by atoms with Gasteiger partial charge in [0.05, 0.1) is 17.4 Å². The van der Waals surface area contributed by atoms with Gasteiger partial charge in [-0.1, -0.05) is 6.92 Å². The number of H-pyrrole nitrogens is 1. The number of carbonyl (C=O) groups is 1. The molecule has 1 aromatic carbocycles. The Kier molecular flexibility index (Phi) is 3.42. The largest absolute Gasteiger partial charge is 0.344 e. The van der Waals surface area contributed by atoms with Gasteiger partial charge in [-0.3, -0.25) is 4.79 Å². The van der Waals surface area contributed by atoms with Crippen LogP contribution in [0.15, 0.2) is 18.5 Å². The first-order valence-electron chi connectivity index (χ1n) is 7.07. The molecule has 1 unspecified atom stereocenters. The van der Waals surface area contributed by atoms with Gasteiger partial charge in [0.15, 0.2) is 0 Å². The van der Waals surface area contributed by atoms with Crippen LogP contribution in [-0.2, 0) is 0 Å². The minimum Gasteiger partial charge on any atom is -0.344 e. The third kappa shape index (κ3) is 2.40. The van der Waals surface area contributed by atoms with E-state index in [9.17, 15) is 9.18 Å². The zero-order valence-corrected chi connectivity index (χ0v) is 11.5. The molecule has 0 saturated carbocycles. The van der Waals surface area contributed by atoms with Crippen LogP contribution in [0.2, 0.25) is 0 Å². The predicted octanol–water partition coefficient (Wildman–Crippen LogP) is 2.96. The Morgan fingerprint density at radius 3 is 3.10 bits per heavy atom. The minimum absolute atomic E-state index is 0.115. The van der Waals surface area contributed by atoms with Crippen molar-refractivity contribution in [1.82, 2.24) is 14.9 Å². The van der Waals surface area contributed by atoms with Crippen molar-refractivity contribution in [3.63, 3.8) is 0 Å². The summed E-state index contributed by atoms with van der Waals surface area (Å²) in [5.74, 6) is 0.120. The molecule has 0 bridgehead atoms. The molecule has 1 amide bonds. The lowest BCUT2D eigenvalue weighted by Crippen LogP contribution is -2.32. The van der Waals surface area contributed by atoms with Gasteiger partial charge in [-0.2, -0.15) is 0 Å². The Morgan fingerprint density at radius 2 is 2.25 bits per heavy atom. The quantitative estimate of drug-likeness (QED) is 0.869. The van der Waals surface area contributed by atoms with Crippen molar-refractivity contribution in [2.45, 2.75) is 26.2 Å². The molecule has 0 aliphatic carbocycles. The molecule has 1 fully saturated rings. The fraction of sp³-hybridized carbons (Fsp3) is 0.467. The summed E-state index contributed by atoms with van der Waals surface area (Å²) in [5, 5.41) is 0. The zero-order chi connectivity index (χ0) is 14.1. The molecule has 1 aliphatic rings. The van der Waals surface area contributed by atoms with E-state index in [1.165, 1.54) is 18.5 Å². The molecule has 5 heteroatoms. The van der Waals surface area contributed by atoms with Crippen LogP contribution in [0, 0.1) is 11.7 Å². The van der Waals surface area contributed by atoms with E-state index < -0.39 is 5.82 Å². The number of carbonyl (C=O) groups excluding carboxylic acids is 1. The number of hydrogen-bond acceptors (Lipinski definition) is 2. The molecule has 0 spiro atoms. The van der Waals surface area contributed by atoms with Gasteiger partial charge in [-0.25, -0.2) is 9.37 Å². The van der Waals surface area contributed by atoms with Crippen molar-refractivity contribution in [1.29, 1.82) is 0 Å². The van der Waals surface area contributed by atoms with Crippen LogP contribution in [0.3, 0.4) is 0 Å². The number of nitrogens with zero attached hydrogens (tertiary/aromatic N) is 2. The van der Waals surface area contributed by atoms with Crippen molar-refractivity contribution < 1.29 is 9.18 Å². The number of amides is 1. The van der Waals surface area contributed by atoms with Crippen LogP contribution < -0.4 is 0 Å². The summed E-state index contributed by atoms with van der Waals surface area (Å²) >= 11 is 0. The van der Waals surface area contributed by atoms with E-state index in [0.717, 1.165) is 32.4 Å². The maximum absolute atomic E-state index is 13.6. The molecule has 1 saturated heterocycles. The van der Waals surface area contributed by atoms with E-state index in [1.807, 2.05) is 4.90 Å². The number of rotatable bonds is 1. The van der Waals surface area contributed by atoms with Gasteiger partial charge in [-0.15, -0.1) is 0 Å². The SMILES string of the molecule is CC1CCCN(C(=O)c2cc(F)cc3[nH]cnc23)CC1. The summed E-state index contributed by atoms with van der Waals surface area (Å²) in [5.41, 5.74) is 1.47. The molecule has 0 radical (unpaired) electrons. The van der Waals surface area contributed by atoms with Crippen LogP contribution in [0.5, 0.6) is 0 Å². The standard InChI is InChI=1S/C15H18FN3O/c1-10-3-2-5-19(6-4-10)15(20)12-7-11(16)8-13-14(12)18-9-17-13/h7-10H,2-6H2,1H3,(H,17,18).